The van der Waals surface area contributed by atoms with E-state index in [9.17, 15) is 4.79 Å². The van der Waals surface area contributed by atoms with E-state index in [-0.39, 0.29) is 5.91 Å². The monoisotopic (exact) mass is 448 g/mol. The number of ether oxygens (including phenoxy) is 1. The van der Waals surface area contributed by atoms with Crippen molar-refractivity contribution in [3.8, 4) is 5.75 Å². The van der Waals surface area contributed by atoms with Crippen LogP contribution in [0.2, 0.25) is 0 Å². The Morgan fingerprint density at radius 1 is 1.23 bits per heavy atom. The number of hydrogen-bond acceptors (Lipinski definition) is 5. The Hall–Kier alpha value is -1.83. The highest BCUT2D eigenvalue weighted by Gasteiger charge is 2.21. The van der Waals surface area contributed by atoms with Crippen molar-refractivity contribution >= 4 is 55.8 Å². The smallest absolute Gasteiger partial charge is 0.230 e. The van der Waals surface area contributed by atoms with E-state index in [1.807, 2.05) is 41.8 Å². The molecule has 0 spiro atoms. The average Bonchev–Trinajstić information content (AvgIpc) is 3.10. The van der Waals surface area contributed by atoms with Crippen LogP contribution >= 0.6 is 39.0 Å². The maximum absolute atomic E-state index is 12.3. The van der Waals surface area contributed by atoms with Gasteiger partial charge < -0.3 is 4.74 Å². The van der Waals surface area contributed by atoms with E-state index in [2.05, 4.69) is 33.0 Å². The van der Waals surface area contributed by atoms with E-state index in [0.29, 0.717) is 16.6 Å². The number of hydrogen-bond donors (Lipinski definition) is 0. The van der Waals surface area contributed by atoms with Gasteiger partial charge in [-0.3, -0.25) is 9.69 Å². The van der Waals surface area contributed by atoms with Crippen molar-refractivity contribution in [2.75, 3.05) is 12.0 Å². The topological polar surface area (TPSA) is 42.4 Å². The number of carbonyl (C=O) groups is 1. The fourth-order valence-electron chi connectivity index (χ4n) is 2.38. The molecule has 2 aromatic carbocycles. The Bertz CT molecular complexity index is 897. The molecule has 0 bridgehead atoms. The summed E-state index contributed by atoms with van der Waals surface area (Å²) in [5.74, 6) is 1.29. The Balaban J connectivity index is 1.79. The second-order valence-corrected chi connectivity index (χ2v) is 8.19. The lowest BCUT2D eigenvalue weighted by molar-refractivity contribution is -0.115. The standard InChI is InChI=1S/C19H17BrN2O2S2/c1-13(23)22(17-5-3-4-6-18(17)24-2)19-21-15(12-26-19)11-25-16-9-7-14(20)8-10-16/h3-10,12H,11H2,1-2H3. The van der Waals surface area contributed by atoms with Gasteiger partial charge in [0, 0.05) is 27.4 Å². The van der Waals surface area contributed by atoms with E-state index in [0.717, 1.165) is 15.9 Å². The van der Waals surface area contributed by atoms with Gasteiger partial charge in [-0.15, -0.1) is 23.1 Å². The largest absolute Gasteiger partial charge is 0.495 e. The molecule has 3 aromatic rings. The van der Waals surface area contributed by atoms with Crippen LogP contribution in [0.3, 0.4) is 0 Å². The molecular weight excluding hydrogens is 432 g/mol. The average molecular weight is 449 g/mol. The van der Waals surface area contributed by atoms with Gasteiger partial charge >= 0.3 is 0 Å². The number of nitrogens with zero attached hydrogens (tertiary/aromatic N) is 2. The Kier molecular flexibility index (Phi) is 6.34. The first-order valence-corrected chi connectivity index (χ1v) is 10.5. The van der Waals surface area contributed by atoms with Crippen LogP contribution in [0.15, 0.2) is 63.3 Å². The summed E-state index contributed by atoms with van der Waals surface area (Å²) in [6.07, 6.45) is 0. The van der Waals surface area contributed by atoms with Gasteiger partial charge in [-0.1, -0.05) is 28.1 Å². The van der Waals surface area contributed by atoms with E-state index in [1.54, 1.807) is 23.8 Å². The number of halogens is 1. The van der Waals surface area contributed by atoms with E-state index in [4.69, 9.17) is 4.74 Å². The first kappa shape index (κ1) is 18.9. The molecule has 0 aliphatic heterocycles. The lowest BCUT2D eigenvalue weighted by atomic mass is 10.2. The zero-order valence-corrected chi connectivity index (χ0v) is 17.5. The second-order valence-electron chi connectivity index (χ2n) is 5.39. The minimum atomic E-state index is -0.101. The molecule has 0 saturated heterocycles. The van der Waals surface area contributed by atoms with Gasteiger partial charge in [-0.2, -0.15) is 0 Å². The normalized spacial score (nSPS) is 10.6. The fourth-order valence-corrected chi connectivity index (χ4v) is 4.42. The molecule has 3 rings (SSSR count). The molecule has 0 aliphatic carbocycles. The highest BCUT2D eigenvalue weighted by atomic mass is 79.9. The van der Waals surface area contributed by atoms with Gasteiger partial charge in [0.15, 0.2) is 5.13 Å². The zero-order valence-electron chi connectivity index (χ0n) is 14.3. The number of aromatic nitrogens is 1. The Morgan fingerprint density at radius 3 is 2.65 bits per heavy atom. The summed E-state index contributed by atoms with van der Waals surface area (Å²) < 4.78 is 6.46. The van der Waals surface area contributed by atoms with Crippen LogP contribution in [-0.4, -0.2) is 18.0 Å². The molecule has 0 radical (unpaired) electrons. The van der Waals surface area contributed by atoms with Gasteiger partial charge in [0.25, 0.3) is 0 Å². The van der Waals surface area contributed by atoms with Crippen molar-refractivity contribution in [3.63, 3.8) is 0 Å². The van der Waals surface area contributed by atoms with Gasteiger partial charge in [-0.25, -0.2) is 4.98 Å². The van der Waals surface area contributed by atoms with Crippen LogP contribution in [-0.2, 0) is 10.5 Å². The van der Waals surface area contributed by atoms with Crippen LogP contribution in [0.4, 0.5) is 10.8 Å². The Labute approximate surface area is 169 Å². The van der Waals surface area contributed by atoms with Crippen LogP contribution in [0.1, 0.15) is 12.6 Å². The summed E-state index contributed by atoms with van der Waals surface area (Å²) in [4.78, 5) is 19.7. The SMILES string of the molecule is COc1ccccc1N(C(C)=O)c1nc(CSc2ccc(Br)cc2)cs1. The number of thioether (sulfide) groups is 1. The summed E-state index contributed by atoms with van der Waals surface area (Å²) in [5, 5.41) is 2.64. The van der Waals surface area contributed by atoms with Crippen molar-refractivity contribution in [2.24, 2.45) is 0 Å². The minimum Gasteiger partial charge on any atom is -0.495 e. The third kappa shape index (κ3) is 4.47. The molecule has 0 N–H and O–H groups in total. The maximum Gasteiger partial charge on any atom is 0.230 e. The van der Waals surface area contributed by atoms with Crippen LogP contribution in [0, 0.1) is 0 Å². The lowest BCUT2D eigenvalue weighted by Gasteiger charge is -2.20. The van der Waals surface area contributed by atoms with E-state index < -0.39 is 0 Å². The lowest BCUT2D eigenvalue weighted by Crippen LogP contribution is -2.23. The van der Waals surface area contributed by atoms with Crippen LogP contribution in [0.5, 0.6) is 5.75 Å². The molecule has 1 heterocycles. The number of benzene rings is 2. The number of para-hydroxylation sites is 2. The summed E-state index contributed by atoms with van der Waals surface area (Å²) in [6, 6.07) is 15.6. The first-order valence-electron chi connectivity index (χ1n) is 7.85. The fraction of sp³-hybridized carbons (Fsp3) is 0.158. The molecule has 0 fully saturated rings. The summed E-state index contributed by atoms with van der Waals surface area (Å²) in [7, 11) is 1.60. The number of amides is 1. The molecule has 134 valence electrons. The predicted octanol–water partition coefficient (Wildman–Crippen LogP) is 5.89. The number of anilines is 2. The molecule has 0 unspecified atom stereocenters. The first-order chi connectivity index (χ1) is 12.6. The molecule has 26 heavy (non-hydrogen) atoms. The van der Waals surface area contributed by atoms with E-state index in [1.165, 1.54) is 23.2 Å². The number of carbonyl (C=O) groups excluding carboxylic acids is 1. The van der Waals surface area contributed by atoms with Gasteiger partial charge in [0.2, 0.25) is 5.91 Å². The highest BCUT2D eigenvalue weighted by molar-refractivity contribution is 9.10. The number of methoxy groups -OCH3 is 1. The van der Waals surface area contributed by atoms with E-state index >= 15 is 0 Å². The number of thiazole rings is 1. The van der Waals surface area contributed by atoms with Crippen LogP contribution < -0.4 is 9.64 Å². The zero-order chi connectivity index (χ0) is 18.5. The molecule has 1 aromatic heterocycles. The minimum absolute atomic E-state index is 0.101. The van der Waals surface area contributed by atoms with Crippen molar-refractivity contribution in [3.05, 3.63) is 64.1 Å². The molecule has 1 amide bonds. The summed E-state index contributed by atoms with van der Waals surface area (Å²) >= 11 is 6.61. The molecule has 4 nitrogen and oxygen atoms in total. The third-order valence-corrected chi connectivity index (χ3v) is 6.02. The van der Waals surface area contributed by atoms with Crippen LogP contribution in [0.25, 0.3) is 0 Å². The summed E-state index contributed by atoms with van der Waals surface area (Å²) in [6.45, 7) is 1.53. The van der Waals surface area contributed by atoms with Gasteiger partial charge in [0.05, 0.1) is 18.5 Å². The van der Waals surface area contributed by atoms with Gasteiger partial charge in [-0.05, 0) is 36.4 Å². The van der Waals surface area contributed by atoms with Crippen molar-refractivity contribution in [1.82, 2.24) is 4.98 Å². The molecule has 0 aliphatic rings. The number of rotatable bonds is 6. The maximum atomic E-state index is 12.3. The second kappa shape index (κ2) is 8.70. The van der Waals surface area contributed by atoms with Crippen molar-refractivity contribution < 1.29 is 9.53 Å². The Morgan fingerprint density at radius 2 is 1.96 bits per heavy atom. The molecule has 7 heteroatoms. The molecule has 0 saturated carbocycles. The molecular formula is C19H17BrN2O2S2. The van der Waals surface area contributed by atoms with Crippen molar-refractivity contribution in [1.29, 1.82) is 0 Å². The summed E-state index contributed by atoms with van der Waals surface area (Å²) in [5.41, 5.74) is 1.64. The predicted molar refractivity (Wildman–Crippen MR) is 112 cm³/mol. The van der Waals surface area contributed by atoms with Gasteiger partial charge in [0.1, 0.15) is 5.75 Å². The third-order valence-electron chi connectivity index (χ3n) is 3.57. The van der Waals surface area contributed by atoms with Crippen molar-refractivity contribution in [2.45, 2.75) is 17.6 Å². The highest BCUT2D eigenvalue weighted by Crippen LogP contribution is 2.36. The quantitative estimate of drug-likeness (QED) is 0.440. The molecule has 0 atom stereocenters.